The lowest BCUT2D eigenvalue weighted by molar-refractivity contribution is 1.14. The van der Waals surface area contributed by atoms with E-state index in [0.717, 1.165) is 21.7 Å². The summed E-state index contributed by atoms with van der Waals surface area (Å²) in [5.41, 5.74) is 3.53. The number of rotatable bonds is 3. The number of hydrogen-bond acceptors (Lipinski definition) is 1. The summed E-state index contributed by atoms with van der Waals surface area (Å²) in [7, 11) is 0. The molecule has 0 saturated heterocycles. The van der Waals surface area contributed by atoms with E-state index in [0.29, 0.717) is 0 Å². The fraction of sp³-hybridized carbons (Fsp3) is 0.143. The minimum atomic E-state index is 0.773. The fourth-order valence-corrected chi connectivity index (χ4v) is 2.22. The fourth-order valence-electron chi connectivity index (χ4n) is 1.64. The lowest BCUT2D eigenvalue weighted by Gasteiger charge is -2.10. The third-order valence-electron chi connectivity index (χ3n) is 2.64. The van der Waals surface area contributed by atoms with E-state index in [1.165, 1.54) is 11.1 Å². The maximum Gasteiger partial charge on any atom is 0.0409 e. The Balaban J connectivity index is 2.10. The first kappa shape index (κ1) is 12.5. The van der Waals surface area contributed by atoms with Crippen molar-refractivity contribution in [2.45, 2.75) is 13.5 Å². The van der Waals surface area contributed by atoms with E-state index in [9.17, 15) is 0 Å². The van der Waals surface area contributed by atoms with Gasteiger partial charge in [-0.25, -0.2) is 0 Å². The molecule has 0 spiro atoms. The Bertz CT molecular complexity index is 525. The number of anilines is 1. The van der Waals surface area contributed by atoms with Gasteiger partial charge < -0.3 is 5.32 Å². The zero-order valence-corrected chi connectivity index (χ0v) is 11.8. The molecule has 2 rings (SSSR count). The first-order valence-electron chi connectivity index (χ1n) is 5.40. The van der Waals surface area contributed by atoms with Gasteiger partial charge in [-0.3, -0.25) is 0 Å². The van der Waals surface area contributed by atoms with Gasteiger partial charge in [-0.2, -0.15) is 0 Å². The highest BCUT2D eigenvalue weighted by atomic mass is 79.9. The number of halogens is 2. The first-order valence-corrected chi connectivity index (χ1v) is 6.57. The summed E-state index contributed by atoms with van der Waals surface area (Å²) >= 11 is 9.47. The average Bonchev–Trinajstić information content (AvgIpc) is 2.31. The number of nitrogens with one attached hydrogen (secondary N) is 1. The topological polar surface area (TPSA) is 12.0 Å². The molecule has 0 unspecified atom stereocenters. The van der Waals surface area contributed by atoms with Gasteiger partial charge in [0.15, 0.2) is 0 Å². The summed E-state index contributed by atoms with van der Waals surface area (Å²) in [6.45, 7) is 2.86. The number of hydrogen-bond donors (Lipinski definition) is 1. The van der Waals surface area contributed by atoms with Crippen molar-refractivity contribution < 1.29 is 0 Å². The molecule has 0 heterocycles. The van der Waals surface area contributed by atoms with Gasteiger partial charge in [-0.05, 0) is 42.3 Å². The van der Waals surface area contributed by atoms with Crippen molar-refractivity contribution in [2.24, 2.45) is 0 Å². The molecule has 3 heteroatoms. The van der Waals surface area contributed by atoms with E-state index in [-0.39, 0.29) is 0 Å². The second-order valence-corrected chi connectivity index (χ2v) is 5.19. The molecule has 0 radical (unpaired) electrons. The van der Waals surface area contributed by atoms with Crippen LogP contribution in [0.15, 0.2) is 46.9 Å². The molecule has 0 saturated carbocycles. The van der Waals surface area contributed by atoms with Crippen molar-refractivity contribution in [3.05, 3.63) is 63.1 Å². The molecule has 2 aromatic carbocycles. The summed E-state index contributed by atoms with van der Waals surface area (Å²) in [6.07, 6.45) is 0. The van der Waals surface area contributed by atoms with E-state index in [2.05, 4.69) is 40.3 Å². The van der Waals surface area contributed by atoms with Crippen LogP contribution in [0.4, 0.5) is 5.69 Å². The highest BCUT2D eigenvalue weighted by Gasteiger charge is 2.01. The highest BCUT2D eigenvalue weighted by Crippen LogP contribution is 2.24. The van der Waals surface area contributed by atoms with E-state index < -0.39 is 0 Å². The summed E-state index contributed by atoms with van der Waals surface area (Å²) in [4.78, 5) is 0. The smallest absolute Gasteiger partial charge is 0.0409 e. The predicted octanol–water partition coefficient (Wildman–Crippen LogP) is 5.02. The van der Waals surface area contributed by atoms with Gasteiger partial charge in [0.2, 0.25) is 0 Å². The van der Waals surface area contributed by atoms with Crippen LogP contribution < -0.4 is 5.32 Å². The van der Waals surface area contributed by atoms with Gasteiger partial charge in [0, 0.05) is 21.7 Å². The van der Waals surface area contributed by atoms with Gasteiger partial charge in [-0.1, -0.05) is 45.7 Å². The van der Waals surface area contributed by atoms with Crippen molar-refractivity contribution in [1.82, 2.24) is 0 Å². The van der Waals surface area contributed by atoms with E-state index in [1.54, 1.807) is 0 Å². The van der Waals surface area contributed by atoms with Gasteiger partial charge in [0.25, 0.3) is 0 Å². The van der Waals surface area contributed by atoms with Crippen LogP contribution in [-0.4, -0.2) is 0 Å². The Morgan fingerprint density at radius 2 is 1.94 bits per heavy atom. The molecule has 0 aliphatic rings. The minimum absolute atomic E-state index is 0.773. The quantitative estimate of drug-likeness (QED) is 0.839. The van der Waals surface area contributed by atoms with Gasteiger partial charge in [-0.15, -0.1) is 0 Å². The second-order valence-electron chi connectivity index (χ2n) is 3.90. The van der Waals surface area contributed by atoms with Crippen molar-refractivity contribution in [2.75, 3.05) is 5.32 Å². The molecule has 0 aromatic heterocycles. The largest absolute Gasteiger partial charge is 0.381 e. The zero-order chi connectivity index (χ0) is 12.3. The molecule has 88 valence electrons. The summed E-state index contributed by atoms with van der Waals surface area (Å²) in [6, 6.07) is 14.0. The molecule has 0 aliphatic carbocycles. The molecule has 17 heavy (non-hydrogen) atoms. The summed E-state index contributed by atoms with van der Waals surface area (Å²) < 4.78 is 1.12. The molecule has 0 bridgehead atoms. The molecule has 0 amide bonds. The Morgan fingerprint density at radius 1 is 1.18 bits per heavy atom. The summed E-state index contributed by atoms with van der Waals surface area (Å²) in [5.74, 6) is 0. The van der Waals surface area contributed by atoms with Crippen LogP contribution >= 0.6 is 27.5 Å². The Morgan fingerprint density at radius 3 is 2.71 bits per heavy atom. The Hall–Kier alpha value is -0.990. The molecule has 1 nitrogen and oxygen atoms in total. The molecule has 2 aromatic rings. The van der Waals surface area contributed by atoms with Gasteiger partial charge >= 0.3 is 0 Å². The van der Waals surface area contributed by atoms with Crippen molar-refractivity contribution in [3.8, 4) is 0 Å². The number of benzene rings is 2. The SMILES string of the molecule is Cc1c(Br)cccc1NCc1cccc(Cl)c1. The maximum atomic E-state index is 5.95. The standard InChI is InChI=1S/C14H13BrClN/c1-10-13(15)6-3-7-14(10)17-9-11-4-2-5-12(16)8-11/h2-8,17H,9H2,1H3. The zero-order valence-electron chi connectivity index (χ0n) is 9.50. The highest BCUT2D eigenvalue weighted by molar-refractivity contribution is 9.10. The van der Waals surface area contributed by atoms with Gasteiger partial charge in [0.05, 0.1) is 0 Å². The predicted molar refractivity (Wildman–Crippen MR) is 77.7 cm³/mol. The first-order chi connectivity index (χ1) is 8.16. The van der Waals surface area contributed by atoms with Gasteiger partial charge in [0.1, 0.15) is 0 Å². The van der Waals surface area contributed by atoms with Crippen molar-refractivity contribution >= 4 is 33.2 Å². The van der Waals surface area contributed by atoms with Crippen LogP contribution in [0, 0.1) is 6.92 Å². The normalized spacial score (nSPS) is 10.3. The van der Waals surface area contributed by atoms with Crippen molar-refractivity contribution in [1.29, 1.82) is 0 Å². The van der Waals surface area contributed by atoms with Crippen LogP contribution in [0.1, 0.15) is 11.1 Å². The van der Waals surface area contributed by atoms with Crippen LogP contribution in [0.2, 0.25) is 5.02 Å². The third-order valence-corrected chi connectivity index (χ3v) is 3.73. The van der Waals surface area contributed by atoms with Crippen LogP contribution in [-0.2, 0) is 6.54 Å². The van der Waals surface area contributed by atoms with E-state index in [4.69, 9.17) is 11.6 Å². The molecular formula is C14H13BrClN. The maximum absolute atomic E-state index is 5.95. The van der Waals surface area contributed by atoms with Crippen molar-refractivity contribution in [3.63, 3.8) is 0 Å². The van der Waals surface area contributed by atoms with Crippen LogP contribution in [0.25, 0.3) is 0 Å². The molecule has 0 atom stereocenters. The lowest BCUT2D eigenvalue weighted by atomic mass is 10.2. The van der Waals surface area contributed by atoms with Crippen LogP contribution in [0.3, 0.4) is 0 Å². The Kier molecular flexibility index (Phi) is 4.08. The van der Waals surface area contributed by atoms with Crippen LogP contribution in [0.5, 0.6) is 0 Å². The monoisotopic (exact) mass is 309 g/mol. The van der Waals surface area contributed by atoms with E-state index >= 15 is 0 Å². The second kappa shape index (κ2) is 5.56. The average molecular weight is 311 g/mol. The molecule has 0 fully saturated rings. The lowest BCUT2D eigenvalue weighted by Crippen LogP contribution is -2.01. The molecular weight excluding hydrogens is 298 g/mol. The molecule has 1 N–H and O–H groups in total. The molecule has 0 aliphatic heterocycles. The Labute approximate surface area is 115 Å². The third kappa shape index (κ3) is 3.24. The summed E-state index contributed by atoms with van der Waals surface area (Å²) in [5, 5.41) is 4.18. The van der Waals surface area contributed by atoms with E-state index in [1.807, 2.05) is 30.3 Å². The minimum Gasteiger partial charge on any atom is -0.381 e.